The summed E-state index contributed by atoms with van der Waals surface area (Å²) in [6.07, 6.45) is 4.55. The average Bonchev–Trinajstić information content (AvgIpc) is 2.61. The normalized spacial score (nSPS) is 12.6. The third-order valence-corrected chi connectivity index (χ3v) is 4.25. The number of carbonyl (C=O) groups is 1. The van der Waals surface area contributed by atoms with Crippen LogP contribution in [0.3, 0.4) is 0 Å². The predicted molar refractivity (Wildman–Crippen MR) is 106 cm³/mol. The maximum absolute atomic E-state index is 11.5. The SMILES string of the molecule is CN/C(C)=C\C(C)=C(/C=O)CNc1nccc2c(NC)cc(Cl)cc12. The van der Waals surface area contributed by atoms with Crippen LogP contribution < -0.4 is 16.0 Å². The number of anilines is 2. The molecule has 25 heavy (non-hydrogen) atoms. The van der Waals surface area contributed by atoms with Crippen molar-refractivity contribution in [1.82, 2.24) is 10.3 Å². The molecule has 132 valence electrons. The Labute approximate surface area is 153 Å². The maximum Gasteiger partial charge on any atom is 0.148 e. The summed E-state index contributed by atoms with van der Waals surface area (Å²) in [5.74, 6) is 0.693. The quantitative estimate of drug-likeness (QED) is 0.397. The number of nitrogens with zero attached hydrogens (tertiary/aromatic N) is 1. The van der Waals surface area contributed by atoms with E-state index in [1.807, 2.05) is 52.2 Å². The molecule has 0 fully saturated rings. The first-order valence-electron chi connectivity index (χ1n) is 8.01. The van der Waals surface area contributed by atoms with Gasteiger partial charge in [-0.1, -0.05) is 11.6 Å². The van der Waals surface area contributed by atoms with Gasteiger partial charge in [0.2, 0.25) is 0 Å². The highest BCUT2D eigenvalue weighted by Gasteiger charge is 2.09. The molecule has 2 aromatic rings. The second-order valence-electron chi connectivity index (χ2n) is 5.72. The Morgan fingerprint density at radius 3 is 2.64 bits per heavy atom. The summed E-state index contributed by atoms with van der Waals surface area (Å²) < 4.78 is 0. The maximum atomic E-state index is 11.5. The van der Waals surface area contributed by atoms with E-state index in [0.29, 0.717) is 23.0 Å². The fourth-order valence-corrected chi connectivity index (χ4v) is 2.76. The standard InChI is InChI=1S/C19H23ClN4O/c1-12(7-13(2)21-3)14(11-25)10-24-19-17-8-15(20)9-18(22-4)16(17)5-6-23-19/h5-9,11,21-22H,10H2,1-4H3,(H,23,24)/b13-7-,14-12-. The number of fused-ring (bicyclic) bond motifs is 1. The number of carbonyl (C=O) groups excluding carboxylic acids is 1. The molecule has 3 N–H and O–H groups in total. The van der Waals surface area contributed by atoms with E-state index < -0.39 is 0 Å². The molecule has 0 bridgehead atoms. The van der Waals surface area contributed by atoms with Crippen molar-refractivity contribution in [3.63, 3.8) is 0 Å². The van der Waals surface area contributed by atoms with E-state index in [2.05, 4.69) is 20.9 Å². The molecule has 5 nitrogen and oxygen atoms in total. The highest BCUT2D eigenvalue weighted by Crippen LogP contribution is 2.31. The molecule has 0 radical (unpaired) electrons. The van der Waals surface area contributed by atoms with Crippen LogP contribution in [-0.2, 0) is 4.79 Å². The molecule has 0 aliphatic carbocycles. The number of pyridine rings is 1. The molecule has 0 saturated carbocycles. The van der Waals surface area contributed by atoms with Crippen LogP contribution in [0.4, 0.5) is 11.5 Å². The largest absolute Gasteiger partial charge is 0.392 e. The molecular formula is C19H23ClN4O. The summed E-state index contributed by atoms with van der Waals surface area (Å²) in [4.78, 5) is 15.9. The summed E-state index contributed by atoms with van der Waals surface area (Å²) in [5, 5.41) is 12.0. The first kappa shape index (κ1) is 18.8. The second-order valence-corrected chi connectivity index (χ2v) is 6.15. The van der Waals surface area contributed by atoms with Gasteiger partial charge in [0.25, 0.3) is 0 Å². The number of halogens is 1. The number of nitrogens with one attached hydrogen (secondary N) is 3. The van der Waals surface area contributed by atoms with Crippen molar-refractivity contribution in [2.45, 2.75) is 13.8 Å². The van der Waals surface area contributed by atoms with Gasteiger partial charge in [-0.2, -0.15) is 0 Å². The van der Waals surface area contributed by atoms with Gasteiger partial charge >= 0.3 is 0 Å². The summed E-state index contributed by atoms with van der Waals surface area (Å²) in [5.41, 5.74) is 3.50. The molecule has 0 aliphatic heterocycles. The van der Waals surface area contributed by atoms with Crippen molar-refractivity contribution in [3.8, 4) is 0 Å². The Morgan fingerprint density at radius 1 is 1.24 bits per heavy atom. The van der Waals surface area contributed by atoms with E-state index in [1.165, 1.54) is 0 Å². The van der Waals surface area contributed by atoms with Gasteiger partial charge in [0.15, 0.2) is 0 Å². The lowest BCUT2D eigenvalue weighted by atomic mass is 10.1. The fourth-order valence-electron chi connectivity index (χ4n) is 2.54. The summed E-state index contributed by atoms with van der Waals surface area (Å²) in [6.45, 7) is 4.25. The van der Waals surface area contributed by atoms with Crippen molar-refractivity contribution in [1.29, 1.82) is 0 Å². The molecule has 2 rings (SSSR count). The van der Waals surface area contributed by atoms with Crippen molar-refractivity contribution < 1.29 is 4.79 Å². The molecule has 1 heterocycles. The van der Waals surface area contributed by atoms with Gasteiger partial charge in [0.1, 0.15) is 12.1 Å². The smallest absolute Gasteiger partial charge is 0.148 e. The van der Waals surface area contributed by atoms with E-state index in [9.17, 15) is 4.79 Å². The highest BCUT2D eigenvalue weighted by atomic mass is 35.5. The first-order chi connectivity index (χ1) is 12.0. The van der Waals surface area contributed by atoms with Crippen molar-refractivity contribution in [2.24, 2.45) is 0 Å². The van der Waals surface area contributed by atoms with Gasteiger partial charge in [0, 0.05) is 59.6 Å². The van der Waals surface area contributed by atoms with Crippen LogP contribution in [0.25, 0.3) is 10.8 Å². The van der Waals surface area contributed by atoms with Crippen LogP contribution >= 0.6 is 11.6 Å². The zero-order chi connectivity index (χ0) is 18.4. The van der Waals surface area contributed by atoms with Gasteiger partial charge in [-0.15, -0.1) is 0 Å². The molecule has 0 atom stereocenters. The molecule has 1 aromatic carbocycles. The molecule has 6 heteroatoms. The minimum atomic E-state index is 0.385. The Balaban J connectivity index is 2.36. The summed E-state index contributed by atoms with van der Waals surface area (Å²) in [6, 6.07) is 5.68. The third-order valence-electron chi connectivity index (χ3n) is 4.04. The summed E-state index contributed by atoms with van der Waals surface area (Å²) >= 11 is 6.21. The van der Waals surface area contributed by atoms with Crippen LogP contribution in [0.5, 0.6) is 0 Å². The number of aromatic nitrogens is 1. The average molecular weight is 359 g/mol. The molecule has 0 aliphatic rings. The van der Waals surface area contributed by atoms with Crippen LogP contribution in [-0.4, -0.2) is 31.9 Å². The zero-order valence-corrected chi connectivity index (χ0v) is 15.7. The minimum absolute atomic E-state index is 0.385. The Bertz CT molecular complexity index is 843. The lowest BCUT2D eigenvalue weighted by Crippen LogP contribution is -2.10. The van der Waals surface area contributed by atoms with Gasteiger partial charge in [-0.3, -0.25) is 4.79 Å². The number of aldehydes is 1. The van der Waals surface area contributed by atoms with E-state index >= 15 is 0 Å². The van der Waals surface area contributed by atoms with Crippen LogP contribution in [0, 0.1) is 0 Å². The molecule has 0 saturated heterocycles. The van der Waals surface area contributed by atoms with Crippen LogP contribution in [0.2, 0.25) is 5.02 Å². The number of hydrogen-bond acceptors (Lipinski definition) is 5. The number of hydrogen-bond donors (Lipinski definition) is 3. The fraction of sp³-hybridized carbons (Fsp3) is 0.263. The van der Waals surface area contributed by atoms with Gasteiger partial charge in [-0.25, -0.2) is 4.98 Å². The van der Waals surface area contributed by atoms with Crippen LogP contribution in [0.15, 0.2) is 47.3 Å². The second kappa shape index (κ2) is 8.53. The first-order valence-corrected chi connectivity index (χ1v) is 8.38. The zero-order valence-electron chi connectivity index (χ0n) is 14.9. The highest BCUT2D eigenvalue weighted by molar-refractivity contribution is 6.32. The van der Waals surface area contributed by atoms with Gasteiger partial charge < -0.3 is 16.0 Å². The molecule has 1 aromatic heterocycles. The van der Waals surface area contributed by atoms with E-state index in [-0.39, 0.29) is 0 Å². The van der Waals surface area contributed by atoms with Crippen molar-refractivity contribution >= 4 is 40.2 Å². The van der Waals surface area contributed by atoms with Gasteiger partial charge in [-0.05, 0) is 43.7 Å². The van der Waals surface area contributed by atoms with Crippen LogP contribution in [0.1, 0.15) is 13.8 Å². The molecule has 0 spiro atoms. The summed E-state index contributed by atoms with van der Waals surface area (Å²) in [7, 11) is 3.70. The van der Waals surface area contributed by atoms with E-state index in [0.717, 1.165) is 34.0 Å². The number of benzene rings is 1. The van der Waals surface area contributed by atoms with Gasteiger partial charge in [0.05, 0.1) is 0 Å². The molecular weight excluding hydrogens is 336 g/mol. The lowest BCUT2D eigenvalue weighted by molar-refractivity contribution is -0.104. The minimum Gasteiger partial charge on any atom is -0.392 e. The Kier molecular flexibility index (Phi) is 6.42. The van der Waals surface area contributed by atoms with E-state index in [1.54, 1.807) is 6.20 Å². The predicted octanol–water partition coefficient (Wildman–Crippen LogP) is 3.98. The van der Waals surface area contributed by atoms with E-state index in [4.69, 9.17) is 11.6 Å². The Morgan fingerprint density at radius 2 is 2.00 bits per heavy atom. The van der Waals surface area contributed by atoms with Crippen molar-refractivity contribution in [3.05, 3.63) is 52.3 Å². The monoisotopic (exact) mass is 358 g/mol. The molecule has 0 unspecified atom stereocenters. The van der Waals surface area contributed by atoms with Crippen molar-refractivity contribution in [2.75, 3.05) is 31.3 Å². The lowest BCUT2D eigenvalue weighted by Gasteiger charge is -2.13. The molecule has 0 amide bonds. The third kappa shape index (κ3) is 4.51. The number of allylic oxidation sites excluding steroid dienone is 3. The number of rotatable bonds is 7. The topological polar surface area (TPSA) is 66.0 Å². The Hall–Kier alpha value is -2.53.